The van der Waals surface area contributed by atoms with Crippen molar-refractivity contribution in [3.05, 3.63) is 64.7 Å². The lowest BCUT2D eigenvalue weighted by Crippen LogP contribution is -2.49. The number of rotatable bonds is 12. The summed E-state index contributed by atoms with van der Waals surface area (Å²) in [4.78, 5) is 28.8. The second-order valence-electron chi connectivity index (χ2n) is 7.63. The van der Waals surface area contributed by atoms with Gasteiger partial charge in [-0.05, 0) is 61.8 Å². The van der Waals surface area contributed by atoms with E-state index in [2.05, 4.69) is 11.4 Å². The number of carbonyl (C=O) groups excluding carboxylic acids is 2. The fraction of sp³-hybridized carbons (Fsp3) is 0.440. The van der Waals surface area contributed by atoms with E-state index in [9.17, 15) is 9.59 Å². The molecule has 4 nitrogen and oxygen atoms in total. The highest BCUT2D eigenvalue weighted by Crippen LogP contribution is 2.22. The second kappa shape index (κ2) is 13.4. The molecule has 0 saturated carbocycles. The number of nitrogens with zero attached hydrogens (tertiary/aromatic N) is 1. The van der Waals surface area contributed by atoms with Gasteiger partial charge in [0.1, 0.15) is 6.04 Å². The van der Waals surface area contributed by atoms with Crippen LogP contribution >= 0.6 is 23.4 Å². The van der Waals surface area contributed by atoms with Gasteiger partial charge >= 0.3 is 0 Å². The average Bonchev–Trinajstić information content (AvgIpc) is 2.76. The fourth-order valence-corrected chi connectivity index (χ4v) is 4.36. The maximum atomic E-state index is 13.2. The first kappa shape index (κ1) is 25.3. The summed E-state index contributed by atoms with van der Waals surface area (Å²) in [6.45, 7) is 7.09. The zero-order valence-corrected chi connectivity index (χ0v) is 20.3. The van der Waals surface area contributed by atoms with Gasteiger partial charge in [0.25, 0.3) is 0 Å². The van der Waals surface area contributed by atoms with E-state index in [0.29, 0.717) is 25.9 Å². The first-order chi connectivity index (χ1) is 14.9. The Labute approximate surface area is 195 Å². The van der Waals surface area contributed by atoms with Gasteiger partial charge < -0.3 is 10.2 Å². The quantitative estimate of drug-likeness (QED) is 0.319. The molecule has 0 fully saturated rings. The summed E-state index contributed by atoms with van der Waals surface area (Å²) < 4.78 is 0. The number of amides is 2. The van der Waals surface area contributed by atoms with Crippen LogP contribution < -0.4 is 5.32 Å². The summed E-state index contributed by atoms with van der Waals surface area (Å²) in [7, 11) is 0. The van der Waals surface area contributed by atoms with Crippen molar-refractivity contribution in [2.24, 2.45) is 0 Å². The van der Waals surface area contributed by atoms with Crippen LogP contribution in [0.1, 0.15) is 50.7 Å². The molecule has 168 valence electrons. The van der Waals surface area contributed by atoms with E-state index in [1.807, 2.05) is 63.2 Å². The zero-order valence-electron chi connectivity index (χ0n) is 18.7. The van der Waals surface area contributed by atoms with E-state index >= 15 is 0 Å². The van der Waals surface area contributed by atoms with Gasteiger partial charge in [0.05, 0.1) is 0 Å². The average molecular weight is 461 g/mol. The summed E-state index contributed by atoms with van der Waals surface area (Å²) in [5.74, 6) is 0.794. The molecule has 6 heteroatoms. The lowest BCUT2D eigenvalue weighted by molar-refractivity contribution is -0.141. The predicted molar refractivity (Wildman–Crippen MR) is 131 cm³/mol. The first-order valence-electron chi connectivity index (χ1n) is 11.0. The summed E-state index contributed by atoms with van der Waals surface area (Å²) in [5, 5.41) is 3.68. The van der Waals surface area contributed by atoms with Crippen molar-refractivity contribution in [1.29, 1.82) is 0 Å². The van der Waals surface area contributed by atoms with Crippen molar-refractivity contribution >= 4 is 35.2 Å². The van der Waals surface area contributed by atoms with Crippen LogP contribution in [0.2, 0.25) is 5.02 Å². The number of benzene rings is 2. The second-order valence-corrected chi connectivity index (χ2v) is 9.24. The topological polar surface area (TPSA) is 49.4 Å². The number of thioether (sulfide) groups is 1. The molecule has 1 atom stereocenters. The van der Waals surface area contributed by atoms with Crippen molar-refractivity contribution < 1.29 is 9.59 Å². The predicted octanol–water partition coefficient (Wildman–Crippen LogP) is 5.85. The molecule has 0 radical (unpaired) electrons. The normalized spacial score (nSPS) is 11.7. The molecule has 2 rings (SSSR count). The smallest absolute Gasteiger partial charge is 0.242 e. The molecule has 0 saturated heterocycles. The third-order valence-corrected chi connectivity index (χ3v) is 6.34. The van der Waals surface area contributed by atoms with Crippen LogP contribution in [0.25, 0.3) is 0 Å². The molecule has 0 heterocycles. The van der Waals surface area contributed by atoms with Gasteiger partial charge in [-0.3, -0.25) is 9.59 Å². The molecule has 0 aromatic heterocycles. The molecular weight excluding hydrogens is 428 g/mol. The van der Waals surface area contributed by atoms with Crippen LogP contribution in [0, 0.1) is 6.92 Å². The Balaban J connectivity index is 2.03. The minimum absolute atomic E-state index is 0.0247. The highest BCUT2D eigenvalue weighted by Gasteiger charge is 2.28. The summed E-state index contributed by atoms with van der Waals surface area (Å²) >= 11 is 7.65. The van der Waals surface area contributed by atoms with Crippen molar-refractivity contribution in [3.8, 4) is 0 Å². The van der Waals surface area contributed by atoms with Crippen molar-refractivity contribution in [2.75, 3.05) is 12.3 Å². The van der Waals surface area contributed by atoms with Gasteiger partial charge in [0, 0.05) is 29.4 Å². The summed E-state index contributed by atoms with van der Waals surface area (Å²) in [6.07, 6.45) is 2.63. The van der Waals surface area contributed by atoms with Gasteiger partial charge in [0.15, 0.2) is 0 Å². The zero-order chi connectivity index (χ0) is 22.6. The van der Waals surface area contributed by atoms with Gasteiger partial charge in [-0.1, -0.05) is 55.3 Å². The van der Waals surface area contributed by atoms with Crippen LogP contribution in [0.4, 0.5) is 0 Å². The van der Waals surface area contributed by atoms with Crippen molar-refractivity contribution in [1.82, 2.24) is 10.2 Å². The Morgan fingerprint density at radius 2 is 1.87 bits per heavy atom. The van der Waals surface area contributed by atoms with Gasteiger partial charge in [0.2, 0.25) is 11.8 Å². The molecule has 2 aromatic rings. The molecule has 0 aliphatic carbocycles. The highest BCUT2D eigenvalue weighted by atomic mass is 35.5. The fourth-order valence-electron chi connectivity index (χ4n) is 3.38. The number of halogens is 1. The van der Waals surface area contributed by atoms with Crippen molar-refractivity contribution in [3.63, 3.8) is 0 Å². The molecule has 2 amide bonds. The maximum absolute atomic E-state index is 13.2. The standard InChI is InChI=1S/C25H33ClN2O2S/c1-4-15-27-25(30)23(5-2)28(18-20-9-6-8-19(3)17-20)24(29)10-7-16-31-22-13-11-21(26)12-14-22/h6,8-9,11-14,17,23H,4-5,7,10,15-16,18H2,1-3H3,(H,27,30)/t23-/m1/s1. The van der Waals surface area contributed by atoms with E-state index in [4.69, 9.17) is 11.6 Å². The molecule has 0 aliphatic heterocycles. The minimum atomic E-state index is -0.455. The SMILES string of the molecule is CCCNC(=O)[C@@H](CC)N(Cc1cccc(C)c1)C(=O)CCCSc1ccc(Cl)cc1. The van der Waals surface area contributed by atoms with Gasteiger partial charge in [-0.2, -0.15) is 0 Å². The van der Waals surface area contributed by atoms with E-state index in [-0.39, 0.29) is 11.8 Å². The highest BCUT2D eigenvalue weighted by molar-refractivity contribution is 7.99. The molecule has 31 heavy (non-hydrogen) atoms. The van der Waals surface area contributed by atoms with Crippen LogP contribution in [0.3, 0.4) is 0 Å². The van der Waals surface area contributed by atoms with E-state index in [1.54, 1.807) is 16.7 Å². The molecular formula is C25H33ClN2O2S. The third-order valence-electron chi connectivity index (χ3n) is 4.99. The molecule has 2 aromatic carbocycles. The Morgan fingerprint density at radius 1 is 1.13 bits per heavy atom. The molecule has 0 bridgehead atoms. The third kappa shape index (κ3) is 8.58. The summed E-state index contributed by atoms with van der Waals surface area (Å²) in [5.41, 5.74) is 2.19. The van der Waals surface area contributed by atoms with E-state index in [1.165, 1.54) is 0 Å². The number of hydrogen-bond acceptors (Lipinski definition) is 3. The number of hydrogen-bond donors (Lipinski definition) is 1. The first-order valence-corrected chi connectivity index (χ1v) is 12.3. The van der Waals surface area contributed by atoms with Crippen LogP contribution in [-0.2, 0) is 16.1 Å². The molecule has 0 unspecified atom stereocenters. The minimum Gasteiger partial charge on any atom is -0.354 e. The Kier molecular flexibility index (Phi) is 11.0. The number of carbonyl (C=O) groups is 2. The van der Waals surface area contributed by atoms with Crippen LogP contribution in [-0.4, -0.2) is 35.1 Å². The number of aryl methyl sites for hydroxylation is 1. The molecule has 0 spiro atoms. The number of nitrogens with one attached hydrogen (secondary N) is 1. The lowest BCUT2D eigenvalue weighted by atomic mass is 10.1. The van der Waals surface area contributed by atoms with E-state index < -0.39 is 6.04 Å². The monoisotopic (exact) mass is 460 g/mol. The largest absolute Gasteiger partial charge is 0.354 e. The van der Waals surface area contributed by atoms with E-state index in [0.717, 1.165) is 39.6 Å². The van der Waals surface area contributed by atoms with Crippen LogP contribution in [0.15, 0.2) is 53.4 Å². The lowest BCUT2D eigenvalue weighted by Gasteiger charge is -2.31. The van der Waals surface area contributed by atoms with Crippen LogP contribution in [0.5, 0.6) is 0 Å². The maximum Gasteiger partial charge on any atom is 0.242 e. The molecule has 1 N–H and O–H groups in total. The Bertz CT molecular complexity index is 842. The Hall–Kier alpha value is -1.98. The molecule has 0 aliphatic rings. The van der Waals surface area contributed by atoms with Gasteiger partial charge in [-0.25, -0.2) is 0 Å². The summed E-state index contributed by atoms with van der Waals surface area (Å²) in [6, 6.07) is 15.4. The van der Waals surface area contributed by atoms with Gasteiger partial charge in [-0.15, -0.1) is 11.8 Å². The Morgan fingerprint density at radius 3 is 2.52 bits per heavy atom. The van der Waals surface area contributed by atoms with Crippen molar-refractivity contribution in [2.45, 2.75) is 63.9 Å².